The Hall–Kier alpha value is -1.92. The fraction of sp³-hybridized carbons (Fsp3) is 0.579. The Kier molecular flexibility index (Phi) is 8.42. The van der Waals surface area contributed by atoms with Gasteiger partial charge < -0.3 is 20.3 Å². The van der Waals surface area contributed by atoms with Gasteiger partial charge in [-0.25, -0.2) is 0 Å². The van der Waals surface area contributed by atoms with Crippen molar-refractivity contribution < 1.29 is 14.3 Å². The third-order valence-electron chi connectivity index (χ3n) is 4.25. The second-order valence-electron chi connectivity index (χ2n) is 6.18. The van der Waals surface area contributed by atoms with E-state index in [1.807, 2.05) is 6.92 Å². The zero-order valence-electron chi connectivity index (χ0n) is 15.1. The molecule has 1 aliphatic heterocycles. The van der Waals surface area contributed by atoms with Crippen LogP contribution < -0.4 is 15.4 Å². The molecule has 1 fully saturated rings. The van der Waals surface area contributed by atoms with Crippen molar-refractivity contribution in [1.82, 2.24) is 15.5 Å². The molecule has 0 aliphatic carbocycles. The summed E-state index contributed by atoms with van der Waals surface area (Å²) in [6, 6.07) is 7.07. The molecule has 2 N–H and O–H groups in total. The number of Topliss-reactive ketones (excluding diaryl/α,β-unsaturated/α-hetero) is 1. The number of benzene rings is 1. The average Bonchev–Trinajstić information content (AvgIpc) is 2.65. The molecule has 0 aromatic heterocycles. The van der Waals surface area contributed by atoms with Crippen LogP contribution in [0.2, 0.25) is 0 Å². The largest absolute Gasteiger partial charge is 0.494 e. The third kappa shape index (κ3) is 7.23. The van der Waals surface area contributed by atoms with Crippen LogP contribution in [0.1, 0.15) is 36.5 Å². The number of amides is 1. The standard InChI is InChI=1S/C19H29N3O3/c1-2-25-17-6-4-16(5-7-17)18(23)8-9-19(24)21-10-3-13-22-14-11-20-12-15-22/h4-7,20H,2-3,8-15H2,1H3,(H,21,24). The summed E-state index contributed by atoms with van der Waals surface area (Å²) in [6.45, 7) is 8.42. The second-order valence-corrected chi connectivity index (χ2v) is 6.18. The molecule has 0 radical (unpaired) electrons. The smallest absolute Gasteiger partial charge is 0.220 e. The highest BCUT2D eigenvalue weighted by Crippen LogP contribution is 2.14. The van der Waals surface area contributed by atoms with E-state index in [1.54, 1.807) is 24.3 Å². The summed E-state index contributed by atoms with van der Waals surface area (Å²) in [5, 5.41) is 6.22. The van der Waals surface area contributed by atoms with Crippen molar-refractivity contribution in [3.63, 3.8) is 0 Å². The molecule has 1 saturated heterocycles. The lowest BCUT2D eigenvalue weighted by molar-refractivity contribution is -0.121. The van der Waals surface area contributed by atoms with Gasteiger partial charge in [0.25, 0.3) is 0 Å². The van der Waals surface area contributed by atoms with Gasteiger partial charge in [0.15, 0.2) is 5.78 Å². The molecular formula is C19H29N3O3. The molecule has 138 valence electrons. The number of carbonyl (C=O) groups excluding carboxylic acids is 2. The summed E-state index contributed by atoms with van der Waals surface area (Å²) < 4.78 is 5.36. The minimum absolute atomic E-state index is 0.0148. The van der Waals surface area contributed by atoms with Crippen LogP contribution in [0, 0.1) is 0 Å². The van der Waals surface area contributed by atoms with Crippen molar-refractivity contribution in [3.8, 4) is 5.75 Å². The highest BCUT2D eigenvalue weighted by atomic mass is 16.5. The van der Waals surface area contributed by atoms with Crippen LogP contribution in [0.5, 0.6) is 5.75 Å². The van der Waals surface area contributed by atoms with E-state index in [0.717, 1.165) is 44.9 Å². The SMILES string of the molecule is CCOc1ccc(C(=O)CCC(=O)NCCCN2CCNCC2)cc1. The number of nitrogens with zero attached hydrogens (tertiary/aromatic N) is 1. The monoisotopic (exact) mass is 347 g/mol. The van der Waals surface area contributed by atoms with Gasteiger partial charge in [-0.3, -0.25) is 9.59 Å². The Balaban J connectivity index is 1.59. The van der Waals surface area contributed by atoms with Crippen molar-refractivity contribution in [2.75, 3.05) is 45.9 Å². The molecule has 25 heavy (non-hydrogen) atoms. The highest BCUT2D eigenvalue weighted by Gasteiger charge is 2.11. The number of ether oxygens (including phenoxy) is 1. The average molecular weight is 347 g/mol. The first-order chi connectivity index (χ1) is 12.2. The lowest BCUT2D eigenvalue weighted by Crippen LogP contribution is -2.44. The lowest BCUT2D eigenvalue weighted by Gasteiger charge is -2.27. The summed E-state index contributed by atoms with van der Waals surface area (Å²) in [6.07, 6.45) is 1.41. The molecule has 1 amide bonds. The molecule has 0 unspecified atom stereocenters. The minimum atomic E-state index is -0.0559. The molecule has 6 heteroatoms. The highest BCUT2D eigenvalue weighted by molar-refractivity contribution is 5.98. The molecule has 1 aromatic rings. The van der Waals surface area contributed by atoms with E-state index >= 15 is 0 Å². The predicted molar refractivity (Wildman–Crippen MR) is 98.1 cm³/mol. The van der Waals surface area contributed by atoms with Crippen LogP contribution in [0.25, 0.3) is 0 Å². The minimum Gasteiger partial charge on any atom is -0.494 e. The number of nitrogens with one attached hydrogen (secondary N) is 2. The van der Waals surface area contributed by atoms with Gasteiger partial charge in [-0.15, -0.1) is 0 Å². The van der Waals surface area contributed by atoms with Crippen LogP contribution in [0.3, 0.4) is 0 Å². The van der Waals surface area contributed by atoms with Gasteiger partial charge in [-0.05, 0) is 44.2 Å². The quantitative estimate of drug-likeness (QED) is 0.495. The summed E-state index contributed by atoms with van der Waals surface area (Å²) in [5.74, 6) is 0.680. The van der Waals surface area contributed by atoms with Crippen molar-refractivity contribution in [3.05, 3.63) is 29.8 Å². The van der Waals surface area contributed by atoms with Crippen LogP contribution in [0.15, 0.2) is 24.3 Å². The molecule has 1 aromatic carbocycles. The van der Waals surface area contributed by atoms with Crippen molar-refractivity contribution in [1.29, 1.82) is 0 Å². The maximum Gasteiger partial charge on any atom is 0.220 e. The molecule has 0 saturated carbocycles. The summed E-state index contributed by atoms with van der Waals surface area (Å²) >= 11 is 0. The van der Waals surface area contributed by atoms with Gasteiger partial charge in [0.1, 0.15) is 5.75 Å². The predicted octanol–water partition coefficient (Wildman–Crippen LogP) is 1.46. The second kappa shape index (κ2) is 10.8. The number of carbonyl (C=O) groups is 2. The Morgan fingerprint density at radius 2 is 1.88 bits per heavy atom. The molecular weight excluding hydrogens is 318 g/mol. The number of hydrogen-bond acceptors (Lipinski definition) is 5. The van der Waals surface area contributed by atoms with Gasteiger partial charge in [-0.2, -0.15) is 0 Å². The Morgan fingerprint density at radius 3 is 2.56 bits per heavy atom. The Morgan fingerprint density at radius 1 is 1.16 bits per heavy atom. The maximum atomic E-state index is 12.1. The van der Waals surface area contributed by atoms with E-state index in [4.69, 9.17) is 4.74 Å². The molecule has 2 rings (SSSR count). The fourth-order valence-corrected chi connectivity index (χ4v) is 2.83. The number of piperazine rings is 1. The zero-order chi connectivity index (χ0) is 17.9. The van der Waals surface area contributed by atoms with Gasteiger partial charge >= 0.3 is 0 Å². The van der Waals surface area contributed by atoms with Crippen LogP contribution in [0.4, 0.5) is 0 Å². The van der Waals surface area contributed by atoms with E-state index in [2.05, 4.69) is 15.5 Å². The van der Waals surface area contributed by atoms with Crippen LogP contribution in [-0.2, 0) is 4.79 Å². The number of hydrogen-bond donors (Lipinski definition) is 2. The normalized spacial score (nSPS) is 14.9. The van der Waals surface area contributed by atoms with E-state index in [1.165, 1.54) is 0 Å². The van der Waals surface area contributed by atoms with Crippen LogP contribution >= 0.6 is 0 Å². The van der Waals surface area contributed by atoms with Gasteiger partial charge in [-0.1, -0.05) is 0 Å². The van der Waals surface area contributed by atoms with Crippen molar-refractivity contribution >= 4 is 11.7 Å². The summed E-state index contributed by atoms with van der Waals surface area (Å²) in [4.78, 5) is 26.4. The molecule has 1 aliphatic rings. The zero-order valence-corrected chi connectivity index (χ0v) is 15.1. The Bertz CT molecular complexity index is 539. The first-order valence-electron chi connectivity index (χ1n) is 9.15. The van der Waals surface area contributed by atoms with Gasteiger partial charge in [0, 0.05) is 51.1 Å². The van der Waals surface area contributed by atoms with Gasteiger partial charge in [0.05, 0.1) is 6.61 Å². The lowest BCUT2D eigenvalue weighted by atomic mass is 10.1. The van der Waals surface area contributed by atoms with E-state index in [9.17, 15) is 9.59 Å². The van der Waals surface area contributed by atoms with Crippen LogP contribution in [-0.4, -0.2) is 62.5 Å². The summed E-state index contributed by atoms with van der Waals surface area (Å²) in [7, 11) is 0. The first kappa shape index (κ1) is 19.4. The summed E-state index contributed by atoms with van der Waals surface area (Å²) in [5.41, 5.74) is 0.620. The van der Waals surface area contributed by atoms with E-state index < -0.39 is 0 Å². The fourth-order valence-electron chi connectivity index (χ4n) is 2.83. The van der Waals surface area contributed by atoms with Crippen molar-refractivity contribution in [2.24, 2.45) is 0 Å². The number of rotatable bonds is 10. The van der Waals surface area contributed by atoms with Crippen molar-refractivity contribution in [2.45, 2.75) is 26.2 Å². The molecule has 0 spiro atoms. The topological polar surface area (TPSA) is 70.7 Å². The van der Waals surface area contributed by atoms with E-state index in [0.29, 0.717) is 18.7 Å². The van der Waals surface area contributed by atoms with E-state index in [-0.39, 0.29) is 24.5 Å². The van der Waals surface area contributed by atoms with Gasteiger partial charge in [0.2, 0.25) is 5.91 Å². The molecule has 1 heterocycles. The maximum absolute atomic E-state index is 12.1. The third-order valence-corrected chi connectivity index (χ3v) is 4.25. The first-order valence-corrected chi connectivity index (χ1v) is 9.15. The molecule has 6 nitrogen and oxygen atoms in total. The number of ketones is 1. The molecule has 0 bridgehead atoms. The Labute approximate surface area is 149 Å². The molecule has 0 atom stereocenters.